The number of aromatic nitrogens is 2. The zero-order valence-electron chi connectivity index (χ0n) is 10.1. The summed E-state index contributed by atoms with van der Waals surface area (Å²) in [5.74, 6) is 0.119. The van der Waals surface area contributed by atoms with E-state index in [-0.39, 0.29) is 5.75 Å². The second kappa shape index (κ2) is 5.22. The third kappa shape index (κ3) is 2.89. The molecule has 0 saturated heterocycles. The molecule has 0 radical (unpaired) electrons. The Morgan fingerprint density at radius 2 is 1.94 bits per heavy atom. The lowest BCUT2D eigenvalue weighted by molar-refractivity contribution is 0.597. The maximum Gasteiger partial charge on any atom is 0.178 e. The Morgan fingerprint density at radius 1 is 1.22 bits per heavy atom. The van der Waals surface area contributed by atoms with Crippen LogP contribution in [-0.2, 0) is 16.4 Å². The van der Waals surface area contributed by atoms with E-state index in [0.717, 1.165) is 11.4 Å². The first-order valence-electron chi connectivity index (χ1n) is 5.67. The third-order valence-electron chi connectivity index (χ3n) is 2.63. The topological polar surface area (TPSA) is 74.8 Å². The third-order valence-corrected chi connectivity index (χ3v) is 4.39. The fraction of sp³-hybridized carbons (Fsp3) is 0.250. The van der Waals surface area contributed by atoms with E-state index in [4.69, 9.17) is 0 Å². The molecule has 0 spiro atoms. The number of benzene rings is 1. The first kappa shape index (κ1) is 12.6. The zero-order chi connectivity index (χ0) is 13.0. The summed E-state index contributed by atoms with van der Waals surface area (Å²) in [6, 6.07) is 8.64. The van der Waals surface area contributed by atoms with Gasteiger partial charge in [-0.15, -0.1) is 0 Å². The summed E-state index contributed by atoms with van der Waals surface area (Å²) in [7, 11) is -3.12. The minimum Gasteiger partial charge on any atom is -0.379 e. The van der Waals surface area contributed by atoms with Crippen molar-refractivity contribution in [2.75, 3.05) is 11.1 Å². The molecule has 0 bridgehead atoms. The van der Waals surface area contributed by atoms with Crippen LogP contribution in [0.5, 0.6) is 0 Å². The highest BCUT2D eigenvalue weighted by Gasteiger charge is 2.10. The van der Waals surface area contributed by atoms with Crippen LogP contribution in [-0.4, -0.2) is 24.4 Å². The first-order valence-corrected chi connectivity index (χ1v) is 7.32. The molecule has 0 unspecified atom stereocenters. The van der Waals surface area contributed by atoms with Crippen molar-refractivity contribution in [1.29, 1.82) is 0 Å². The van der Waals surface area contributed by atoms with Crippen molar-refractivity contribution in [3.05, 3.63) is 42.2 Å². The molecule has 6 heteroatoms. The fourth-order valence-electron chi connectivity index (χ4n) is 1.53. The van der Waals surface area contributed by atoms with Crippen molar-refractivity contribution in [2.45, 2.75) is 18.4 Å². The monoisotopic (exact) mass is 265 g/mol. The number of nitrogens with zero attached hydrogens (tertiary/aromatic N) is 1. The normalized spacial score (nSPS) is 11.4. The van der Waals surface area contributed by atoms with E-state index >= 15 is 0 Å². The number of aromatic amines is 1. The van der Waals surface area contributed by atoms with Gasteiger partial charge in [0.2, 0.25) is 0 Å². The van der Waals surface area contributed by atoms with Crippen LogP contribution in [0.15, 0.2) is 41.4 Å². The van der Waals surface area contributed by atoms with Crippen molar-refractivity contribution in [3.63, 3.8) is 0 Å². The largest absolute Gasteiger partial charge is 0.379 e. The van der Waals surface area contributed by atoms with Crippen LogP contribution in [0.4, 0.5) is 5.69 Å². The van der Waals surface area contributed by atoms with Gasteiger partial charge in [-0.25, -0.2) is 8.42 Å². The molecule has 0 aliphatic carbocycles. The summed E-state index contributed by atoms with van der Waals surface area (Å²) >= 11 is 0. The summed E-state index contributed by atoms with van der Waals surface area (Å²) in [6.07, 6.45) is 1.69. The molecular formula is C12H15N3O2S. The summed E-state index contributed by atoms with van der Waals surface area (Å²) in [4.78, 5) is 0.358. The van der Waals surface area contributed by atoms with Crippen LogP contribution in [0.3, 0.4) is 0 Å². The highest BCUT2D eigenvalue weighted by Crippen LogP contribution is 2.15. The Morgan fingerprint density at radius 3 is 2.50 bits per heavy atom. The van der Waals surface area contributed by atoms with Crippen molar-refractivity contribution < 1.29 is 8.42 Å². The molecule has 2 aromatic rings. The molecule has 1 heterocycles. The molecule has 0 amide bonds. The van der Waals surface area contributed by atoms with Crippen molar-refractivity contribution in [2.24, 2.45) is 0 Å². The van der Waals surface area contributed by atoms with Gasteiger partial charge >= 0.3 is 0 Å². The van der Waals surface area contributed by atoms with Crippen LogP contribution in [0.25, 0.3) is 0 Å². The molecule has 0 aliphatic rings. The number of anilines is 1. The van der Waals surface area contributed by atoms with Crippen molar-refractivity contribution >= 4 is 15.5 Å². The standard InChI is InChI=1S/C12H15N3O2S/c1-2-18(16,17)12-5-3-10(4-6-12)13-9-11-7-8-14-15-11/h3-8,13H,2,9H2,1H3,(H,14,15). The maximum absolute atomic E-state index is 11.6. The molecule has 5 nitrogen and oxygen atoms in total. The molecule has 1 aromatic heterocycles. The van der Waals surface area contributed by atoms with E-state index in [0.29, 0.717) is 11.4 Å². The number of rotatable bonds is 5. The van der Waals surface area contributed by atoms with E-state index < -0.39 is 9.84 Å². The van der Waals surface area contributed by atoms with Crippen LogP contribution in [0, 0.1) is 0 Å². The average Bonchev–Trinajstić information content (AvgIpc) is 2.90. The predicted molar refractivity (Wildman–Crippen MR) is 70.1 cm³/mol. The van der Waals surface area contributed by atoms with E-state index in [9.17, 15) is 8.42 Å². The van der Waals surface area contributed by atoms with E-state index in [1.54, 1.807) is 37.4 Å². The van der Waals surface area contributed by atoms with Crippen molar-refractivity contribution in [1.82, 2.24) is 10.2 Å². The molecule has 2 rings (SSSR count). The van der Waals surface area contributed by atoms with Gasteiger partial charge in [0, 0.05) is 11.9 Å². The van der Waals surface area contributed by atoms with Gasteiger partial charge in [-0.2, -0.15) is 5.10 Å². The molecule has 0 fully saturated rings. The SMILES string of the molecule is CCS(=O)(=O)c1ccc(NCc2ccn[nH]2)cc1. The van der Waals surface area contributed by atoms with Gasteiger partial charge in [0.1, 0.15) is 0 Å². The maximum atomic E-state index is 11.6. The second-order valence-electron chi connectivity index (χ2n) is 3.86. The Balaban J connectivity index is 2.04. The van der Waals surface area contributed by atoms with Gasteiger partial charge in [0.25, 0.3) is 0 Å². The van der Waals surface area contributed by atoms with Gasteiger partial charge in [-0.05, 0) is 30.3 Å². The summed E-state index contributed by atoms with van der Waals surface area (Å²) in [6.45, 7) is 2.26. The van der Waals surface area contributed by atoms with E-state index in [1.807, 2.05) is 6.07 Å². The quantitative estimate of drug-likeness (QED) is 0.864. The smallest absolute Gasteiger partial charge is 0.178 e. The minimum atomic E-state index is -3.12. The zero-order valence-corrected chi connectivity index (χ0v) is 10.9. The van der Waals surface area contributed by atoms with Crippen LogP contribution in [0.2, 0.25) is 0 Å². The van der Waals surface area contributed by atoms with E-state index in [2.05, 4.69) is 15.5 Å². The molecule has 18 heavy (non-hydrogen) atoms. The number of sulfone groups is 1. The van der Waals surface area contributed by atoms with Gasteiger partial charge in [0.15, 0.2) is 9.84 Å². The average molecular weight is 265 g/mol. The van der Waals surface area contributed by atoms with E-state index in [1.165, 1.54) is 0 Å². The Bertz CT molecular complexity index is 589. The molecular weight excluding hydrogens is 250 g/mol. The predicted octanol–water partition coefficient (Wildman–Crippen LogP) is 1.82. The molecule has 96 valence electrons. The molecule has 1 aromatic carbocycles. The lowest BCUT2D eigenvalue weighted by Gasteiger charge is -2.06. The summed E-state index contributed by atoms with van der Waals surface area (Å²) in [5.41, 5.74) is 1.85. The van der Waals surface area contributed by atoms with Gasteiger partial charge in [0.05, 0.1) is 22.9 Å². The highest BCUT2D eigenvalue weighted by atomic mass is 32.2. The Hall–Kier alpha value is -1.82. The van der Waals surface area contributed by atoms with Crippen molar-refractivity contribution in [3.8, 4) is 0 Å². The molecule has 0 atom stereocenters. The number of nitrogens with one attached hydrogen (secondary N) is 2. The van der Waals surface area contributed by atoms with Gasteiger partial charge in [-0.3, -0.25) is 5.10 Å². The number of H-pyrrole nitrogens is 1. The lowest BCUT2D eigenvalue weighted by Crippen LogP contribution is -2.04. The fourth-order valence-corrected chi connectivity index (χ4v) is 2.41. The Labute approximate surface area is 106 Å². The first-order chi connectivity index (χ1) is 8.62. The molecule has 2 N–H and O–H groups in total. The van der Waals surface area contributed by atoms with Gasteiger partial charge in [-0.1, -0.05) is 6.92 Å². The van der Waals surface area contributed by atoms with Crippen LogP contribution < -0.4 is 5.32 Å². The number of hydrogen-bond acceptors (Lipinski definition) is 4. The lowest BCUT2D eigenvalue weighted by atomic mass is 10.3. The number of hydrogen-bond donors (Lipinski definition) is 2. The second-order valence-corrected chi connectivity index (χ2v) is 6.14. The molecule has 0 aliphatic heterocycles. The highest BCUT2D eigenvalue weighted by molar-refractivity contribution is 7.91. The Kier molecular flexibility index (Phi) is 3.66. The van der Waals surface area contributed by atoms with Crippen LogP contribution >= 0.6 is 0 Å². The minimum absolute atomic E-state index is 0.119. The van der Waals surface area contributed by atoms with Crippen LogP contribution in [0.1, 0.15) is 12.6 Å². The van der Waals surface area contributed by atoms with Gasteiger partial charge < -0.3 is 5.32 Å². The summed E-state index contributed by atoms with van der Waals surface area (Å²) < 4.78 is 23.2. The summed E-state index contributed by atoms with van der Waals surface area (Å²) in [5, 5.41) is 9.87. The molecule has 0 saturated carbocycles.